The van der Waals surface area contributed by atoms with E-state index in [4.69, 9.17) is 11.5 Å². The summed E-state index contributed by atoms with van der Waals surface area (Å²) in [5.41, 5.74) is 13.4. The number of rotatable bonds is 5. The molecular formula is C13H15N5O2S. The van der Waals surface area contributed by atoms with Crippen LogP contribution in [0.4, 0.5) is 17.2 Å². The van der Waals surface area contributed by atoms with Crippen LogP contribution in [0.25, 0.3) is 0 Å². The molecule has 0 radical (unpaired) electrons. The predicted octanol–water partition coefficient (Wildman–Crippen LogP) is 1.68. The Morgan fingerprint density at radius 2 is 2.24 bits per heavy atom. The van der Waals surface area contributed by atoms with Gasteiger partial charge in [-0.3, -0.25) is 0 Å². The minimum Gasteiger partial charge on any atom is -0.477 e. The second-order valence-corrected chi connectivity index (χ2v) is 4.95. The van der Waals surface area contributed by atoms with Crippen LogP contribution in [-0.4, -0.2) is 27.3 Å². The highest BCUT2D eigenvalue weighted by atomic mass is 32.2. The van der Waals surface area contributed by atoms with Gasteiger partial charge >= 0.3 is 5.97 Å². The van der Waals surface area contributed by atoms with Crippen LogP contribution in [-0.2, 0) is 6.54 Å². The average molecular weight is 305 g/mol. The van der Waals surface area contributed by atoms with E-state index in [9.17, 15) is 9.90 Å². The summed E-state index contributed by atoms with van der Waals surface area (Å²) in [5.74, 6) is -0.906. The minimum atomic E-state index is -1.11. The van der Waals surface area contributed by atoms with Crippen LogP contribution in [0.5, 0.6) is 0 Å². The van der Waals surface area contributed by atoms with Crippen molar-refractivity contribution < 1.29 is 9.90 Å². The first-order chi connectivity index (χ1) is 10.0. The molecule has 0 amide bonds. The maximum Gasteiger partial charge on any atom is 0.341 e. The third-order valence-electron chi connectivity index (χ3n) is 2.78. The maximum absolute atomic E-state index is 11.2. The lowest BCUT2D eigenvalue weighted by Gasteiger charge is -2.12. The summed E-state index contributed by atoms with van der Waals surface area (Å²) in [4.78, 5) is 19.3. The molecule has 21 heavy (non-hydrogen) atoms. The normalized spacial score (nSPS) is 10.4. The van der Waals surface area contributed by atoms with E-state index in [1.54, 1.807) is 12.1 Å². The van der Waals surface area contributed by atoms with Crippen LogP contribution in [0.15, 0.2) is 29.6 Å². The number of carboxylic acids is 1. The van der Waals surface area contributed by atoms with Crippen LogP contribution < -0.4 is 16.8 Å². The van der Waals surface area contributed by atoms with Crippen molar-refractivity contribution in [3.8, 4) is 0 Å². The van der Waals surface area contributed by atoms with Crippen molar-refractivity contribution in [2.75, 3.05) is 17.3 Å². The lowest BCUT2D eigenvalue weighted by Crippen LogP contribution is -2.08. The maximum atomic E-state index is 11.2. The summed E-state index contributed by atoms with van der Waals surface area (Å²) in [6.07, 6.45) is 3.08. The fourth-order valence-corrected chi connectivity index (χ4v) is 2.04. The van der Waals surface area contributed by atoms with Crippen LogP contribution in [0.2, 0.25) is 0 Å². The molecule has 110 valence electrons. The Hall–Kier alpha value is -2.32. The molecule has 0 aliphatic heterocycles. The topological polar surface area (TPSA) is 127 Å². The number of carbonyl (C=O) groups is 1. The van der Waals surface area contributed by atoms with Gasteiger partial charge in [0.2, 0.25) is 0 Å². The summed E-state index contributed by atoms with van der Waals surface area (Å²) in [7, 11) is 0. The number of hydrogen-bond acceptors (Lipinski definition) is 7. The number of hydrogen-bond donors (Lipinski definition) is 4. The number of aromatic carboxylic acids is 1. The molecule has 8 heteroatoms. The fourth-order valence-electron chi connectivity index (χ4n) is 1.70. The van der Waals surface area contributed by atoms with Gasteiger partial charge in [-0.25, -0.2) is 14.8 Å². The average Bonchev–Trinajstić information content (AvgIpc) is 2.48. The molecule has 0 fully saturated rings. The quantitative estimate of drug-likeness (QED) is 0.373. The zero-order chi connectivity index (χ0) is 15.4. The molecule has 0 bridgehead atoms. The van der Waals surface area contributed by atoms with Crippen molar-refractivity contribution in [3.05, 3.63) is 35.5 Å². The number of thioether (sulfide) groups is 1. The first kappa shape index (κ1) is 15.1. The number of anilines is 3. The number of benzene rings is 1. The molecule has 1 heterocycles. The van der Waals surface area contributed by atoms with Gasteiger partial charge in [-0.15, -0.1) is 0 Å². The van der Waals surface area contributed by atoms with Crippen LogP contribution in [0, 0.1) is 0 Å². The highest BCUT2D eigenvalue weighted by Crippen LogP contribution is 2.26. The smallest absolute Gasteiger partial charge is 0.341 e. The summed E-state index contributed by atoms with van der Waals surface area (Å²) < 4.78 is 0. The number of nitrogens with one attached hydrogen (secondary N) is 1. The lowest BCUT2D eigenvalue weighted by molar-refractivity contribution is 0.0697. The Bertz CT molecular complexity index is 678. The van der Waals surface area contributed by atoms with Crippen LogP contribution in [0.1, 0.15) is 15.9 Å². The van der Waals surface area contributed by atoms with E-state index in [0.717, 1.165) is 5.56 Å². The van der Waals surface area contributed by atoms with Gasteiger partial charge in [0.05, 0.1) is 11.4 Å². The third-order valence-corrected chi connectivity index (χ3v) is 3.35. The fraction of sp³-hybridized carbons (Fsp3) is 0.154. The highest BCUT2D eigenvalue weighted by molar-refractivity contribution is 7.98. The standard InChI is InChI=1S/C13H15N5O2S/c1-21-13-16-6-8(12(19)20)11(18-13)17-10-3-2-7(5-14)4-9(10)15/h2-4,6H,5,14-15H2,1H3,(H,19,20)(H,16,17,18). The largest absolute Gasteiger partial charge is 0.477 e. The second-order valence-electron chi connectivity index (χ2n) is 4.17. The summed E-state index contributed by atoms with van der Waals surface area (Å²) in [6, 6.07) is 5.29. The molecule has 2 rings (SSSR count). The van der Waals surface area contributed by atoms with Crippen molar-refractivity contribution in [2.45, 2.75) is 11.7 Å². The van der Waals surface area contributed by atoms with E-state index < -0.39 is 5.97 Å². The number of nitrogens with two attached hydrogens (primary N) is 2. The highest BCUT2D eigenvalue weighted by Gasteiger charge is 2.14. The second kappa shape index (κ2) is 6.42. The van der Waals surface area contributed by atoms with Gasteiger partial charge in [0.1, 0.15) is 11.4 Å². The van der Waals surface area contributed by atoms with Crippen molar-refractivity contribution in [2.24, 2.45) is 5.73 Å². The summed E-state index contributed by atoms with van der Waals surface area (Å²) >= 11 is 1.32. The van der Waals surface area contributed by atoms with Gasteiger partial charge in [-0.2, -0.15) is 0 Å². The number of nitrogen functional groups attached to an aromatic ring is 1. The van der Waals surface area contributed by atoms with Gasteiger partial charge in [0, 0.05) is 12.7 Å². The molecular weight excluding hydrogens is 290 g/mol. The van der Waals surface area contributed by atoms with Crippen molar-refractivity contribution in [3.63, 3.8) is 0 Å². The first-order valence-electron chi connectivity index (χ1n) is 6.05. The molecule has 1 aromatic carbocycles. The Balaban J connectivity index is 2.40. The molecule has 2 aromatic rings. The lowest BCUT2D eigenvalue weighted by atomic mass is 10.1. The van der Waals surface area contributed by atoms with E-state index in [0.29, 0.717) is 23.1 Å². The number of aromatic nitrogens is 2. The van der Waals surface area contributed by atoms with E-state index in [-0.39, 0.29) is 11.4 Å². The Morgan fingerprint density at radius 1 is 1.48 bits per heavy atom. The predicted molar refractivity (Wildman–Crippen MR) is 82.8 cm³/mol. The van der Waals surface area contributed by atoms with E-state index in [1.807, 2.05) is 12.3 Å². The number of nitrogens with zero attached hydrogens (tertiary/aromatic N) is 2. The molecule has 7 nitrogen and oxygen atoms in total. The van der Waals surface area contributed by atoms with Crippen molar-refractivity contribution in [1.82, 2.24) is 9.97 Å². The zero-order valence-corrected chi connectivity index (χ0v) is 12.1. The molecule has 6 N–H and O–H groups in total. The van der Waals surface area contributed by atoms with Gasteiger partial charge in [-0.1, -0.05) is 17.8 Å². The van der Waals surface area contributed by atoms with Crippen LogP contribution >= 0.6 is 11.8 Å². The number of carboxylic acid groups (broad SMARTS) is 1. The molecule has 0 saturated carbocycles. The molecule has 0 saturated heterocycles. The van der Waals surface area contributed by atoms with E-state index in [2.05, 4.69) is 15.3 Å². The Labute approximate surface area is 125 Å². The molecule has 0 aliphatic carbocycles. The van der Waals surface area contributed by atoms with Gasteiger partial charge < -0.3 is 21.9 Å². The monoisotopic (exact) mass is 305 g/mol. The van der Waals surface area contributed by atoms with Crippen molar-refractivity contribution in [1.29, 1.82) is 0 Å². The third kappa shape index (κ3) is 3.41. The van der Waals surface area contributed by atoms with E-state index >= 15 is 0 Å². The Morgan fingerprint density at radius 3 is 2.81 bits per heavy atom. The first-order valence-corrected chi connectivity index (χ1v) is 7.27. The molecule has 0 unspecified atom stereocenters. The molecule has 1 aromatic heterocycles. The summed E-state index contributed by atoms with van der Waals surface area (Å²) in [6.45, 7) is 0.384. The van der Waals surface area contributed by atoms with Crippen LogP contribution in [0.3, 0.4) is 0 Å². The molecule has 0 atom stereocenters. The van der Waals surface area contributed by atoms with Gasteiger partial charge in [0.15, 0.2) is 5.16 Å². The zero-order valence-electron chi connectivity index (χ0n) is 11.3. The van der Waals surface area contributed by atoms with E-state index in [1.165, 1.54) is 18.0 Å². The molecule has 0 aliphatic rings. The van der Waals surface area contributed by atoms with Crippen molar-refractivity contribution >= 4 is 34.9 Å². The summed E-state index contributed by atoms with van der Waals surface area (Å²) in [5, 5.41) is 12.6. The van der Waals surface area contributed by atoms with Gasteiger partial charge in [0.25, 0.3) is 0 Å². The van der Waals surface area contributed by atoms with Gasteiger partial charge in [-0.05, 0) is 24.0 Å². The SMILES string of the molecule is CSc1ncc(C(=O)O)c(Nc2ccc(CN)cc2N)n1. The minimum absolute atomic E-state index is 0.0184. The Kier molecular flexibility index (Phi) is 4.61. The molecule has 0 spiro atoms.